The van der Waals surface area contributed by atoms with Gasteiger partial charge in [0.2, 0.25) is 5.88 Å². The number of hydrogen-bond donors (Lipinski definition) is 1. The van der Waals surface area contributed by atoms with Gasteiger partial charge in [-0.15, -0.1) is 21.5 Å². The second kappa shape index (κ2) is 9.31. The third-order valence-electron chi connectivity index (χ3n) is 4.38. The van der Waals surface area contributed by atoms with Crippen LogP contribution in [0.15, 0.2) is 60.1 Å². The minimum Gasteiger partial charge on any atom is -0.480 e. The van der Waals surface area contributed by atoms with Crippen molar-refractivity contribution in [3.8, 4) is 17.4 Å². The number of alkyl halides is 3. The van der Waals surface area contributed by atoms with E-state index in [0.29, 0.717) is 15.2 Å². The normalized spacial score (nSPS) is 11.2. The number of carbonyl (C=O) groups excluding carboxylic acids is 2. The minimum atomic E-state index is -4.94. The van der Waals surface area contributed by atoms with Gasteiger partial charge >= 0.3 is 12.1 Å². The highest BCUT2D eigenvalue weighted by molar-refractivity contribution is 7.12. The SMILES string of the molecule is COc1ccc(-n2ncc(C(=O)Oc3ccc(NC(=O)c4cccs4)cc3)c2C(F)(F)F)nn1. The number of halogens is 3. The first kappa shape index (κ1) is 22.9. The van der Waals surface area contributed by atoms with Crippen molar-refractivity contribution < 1.29 is 32.2 Å². The molecule has 3 aromatic heterocycles. The number of thiophene rings is 1. The van der Waals surface area contributed by atoms with Crippen LogP contribution in [-0.2, 0) is 6.18 Å². The summed E-state index contributed by atoms with van der Waals surface area (Å²) in [7, 11) is 1.33. The van der Waals surface area contributed by atoms with E-state index in [1.165, 1.54) is 54.8 Å². The summed E-state index contributed by atoms with van der Waals surface area (Å²) in [4.78, 5) is 25.1. The standard InChI is InChI=1S/C21H14F3N5O4S/c1-32-17-9-8-16(27-28-17)29-18(21(22,23)24)14(11-25-29)20(31)33-13-6-4-12(5-7-13)26-19(30)15-3-2-10-34-15/h2-11H,1H3,(H,26,30). The maximum Gasteiger partial charge on any atom is 0.434 e. The predicted octanol–water partition coefficient (Wildman–Crippen LogP) is 4.22. The fraction of sp³-hybridized carbons (Fsp3) is 0.0952. The van der Waals surface area contributed by atoms with E-state index in [9.17, 15) is 22.8 Å². The smallest absolute Gasteiger partial charge is 0.434 e. The molecule has 0 saturated carbocycles. The Morgan fingerprint density at radius 3 is 2.41 bits per heavy atom. The Labute approximate surface area is 193 Å². The minimum absolute atomic E-state index is 0.0239. The van der Waals surface area contributed by atoms with Crippen molar-refractivity contribution in [2.75, 3.05) is 12.4 Å². The summed E-state index contributed by atoms with van der Waals surface area (Å²) in [5.41, 5.74) is -1.75. The van der Waals surface area contributed by atoms with E-state index in [2.05, 4.69) is 20.6 Å². The molecule has 4 rings (SSSR count). The number of methoxy groups -OCH3 is 1. The number of hydrogen-bond acceptors (Lipinski definition) is 8. The topological polar surface area (TPSA) is 108 Å². The molecule has 9 nitrogen and oxygen atoms in total. The number of nitrogens with one attached hydrogen (secondary N) is 1. The average Bonchev–Trinajstić information content (AvgIpc) is 3.51. The van der Waals surface area contributed by atoms with Gasteiger partial charge in [-0.05, 0) is 41.8 Å². The number of benzene rings is 1. The first-order valence-electron chi connectivity index (χ1n) is 9.46. The van der Waals surface area contributed by atoms with Crippen LogP contribution in [0.1, 0.15) is 25.7 Å². The van der Waals surface area contributed by atoms with Gasteiger partial charge in [-0.2, -0.15) is 18.3 Å². The molecule has 0 aliphatic heterocycles. The number of anilines is 1. The maximum atomic E-state index is 13.8. The Balaban J connectivity index is 1.53. The van der Waals surface area contributed by atoms with Crippen molar-refractivity contribution >= 4 is 28.9 Å². The fourth-order valence-electron chi connectivity index (χ4n) is 2.85. The van der Waals surface area contributed by atoms with Crippen molar-refractivity contribution in [2.24, 2.45) is 0 Å². The maximum absolute atomic E-state index is 13.8. The molecule has 13 heteroatoms. The molecule has 0 spiro atoms. The molecule has 4 aromatic rings. The third-order valence-corrected chi connectivity index (χ3v) is 5.25. The Bertz CT molecular complexity index is 1300. The molecule has 3 heterocycles. The summed E-state index contributed by atoms with van der Waals surface area (Å²) >= 11 is 1.27. The highest BCUT2D eigenvalue weighted by Crippen LogP contribution is 2.34. The Hall–Kier alpha value is -4.26. The zero-order valence-electron chi connectivity index (χ0n) is 17.2. The highest BCUT2D eigenvalue weighted by atomic mass is 32.1. The van der Waals surface area contributed by atoms with Crippen LogP contribution < -0.4 is 14.8 Å². The number of ether oxygens (including phenoxy) is 2. The number of esters is 1. The lowest BCUT2D eigenvalue weighted by molar-refractivity contribution is -0.143. The Morgan fingerprint density at radius 2 is 1.82 bits per heavy atom. The average molecular weight is 489 g/mol. The van der Waals surface area contributed by atoms with Gasteiger partial charge in [0.25, 0.3) is 5.91 Å². The summed E-state index contributed by atoms with van der Waals surface area (Å²) in [5, 5.41) is 15.3. The van der Waals surface area contributed by atoms with Crippen molar-refractivity contribution in [2.45, 2.75) is 6.18 Å². The lowest BCUT2D eigenvalue weighted by Crippen LogP contribution is -2.20. The second-order valence-electron chi connectivity index (χ2n) is 6.60. The van der Waals surface area contributed by atoms with Crippen LogP contribution in [0.4, 0.5) is 18.9 Å². The fourth-order valence-corrected chi connectivity index (χ4v) is 3.47. The second-order valence-corrected chi connectivity index (χ2v) is 7.54. The van der Waals surface area contributed by atoms with Gasteiger partial charge in [-0.25, -0.2) is 9.48 Å². The molecular formula is C21H14F3N5O4S. The largest absolute Gasteiger partial charge is 0.480 e. The molecule has 0 aliphatic rings. The number of nitrogens with zero attached hydrogens (tertiary/aromatic N) is 4. The molecule has 0 fully saturated rings. The van der Waals surface area contributed by atoms with Gasteiger partial charge in [-0.1, -0.05) is 6.07 Å². The molecule has 0 unspecified atom stereocenters. The van der Waals surface area contributed by atoms with E-state index in [1.54, 1.807) is 17.5 Å². The van der Waals surface area contributed by atoms with Gasteiger partial charge in [0.05, 0.1) is 18.2 Å². The molecule has 1 amide bonds. The molecule has 0 aliphatic carbocycles. The van der Waals surface area contributed by atoms with E-state index in [1.807, 2.05) is 0 Å². The molecule has 0 radical (unpaired) electrons. The van der Waals surface area contributed by atoms with Gasteiger partial charge in [0, 0.05) is 11.8 Å². The van der Waals surface area contributed by atoms with Crippen molar-refractivity contribution in [3.05, 3.63) is 76.2 Å². The third kappa shape index (κ3) is 4.88. The van der Waals surface area contributed by atoms with Gasteiger partial charge in [0.15, 0.2) is 11.5 Å². The van der Waals surface area contributed by atoms with Crippen LogP contribution in [-0.4, -0.2) is 39.0 Å². The lowest BCUT2D eigenvalue weighted by Gasteiger charge is -2.12. The summed E-state index contributed by atoms with van der Waals surface area (Å²) < 4.78 is 51.7. The molecule has 1 aromatic carbocycles. The monoisotopic (exact) mass is 489 g/mol. The van der Waals surface area contributed by atoms with Crippen LogP contribution in [0, 0.1) is 0 Å². The van der Waals surface area contributed by atoms with Crippen molar-refractivity contribution in [1.82, 2.24) is 20.0 Å². The lowest BCUT2D eigenvalue weighted by atomic mass is 10.2. The van der Waals surface area contributed by atoms with E-state index in [-0.39, 0.29) is 23.4 Å². The molecule has 1 N–H and O–H groups in total. The predicted molar refractivity (Wildman–Crippen MR) is 114 cm³/mol. The first-order chi connectivity index (χ1) is 16.3. The molecule has 174 valence electrons. The summed E-state index contributed by atoms with van der Waals surface area (Å²) in [6.07, 6.45) is -4.20. The number of carbonyl (C=O) groups is 2. The van der Waals surface area contributed by atoms with E-state index < -0.39 is 23.4 Å². The van der Waals surface area contributed by atoms with E-state index in [4.69, 9.17) is 9.47 Å². The first-order valence-corrected chi connectivity index (χ1v) is 10.3. The highest BCUT2D eigenvalue weighted by Gasteiger charge is 2.41. The van der Waals surface area contributed by atoms with Crippen molar-refractivity contribution in [1.29, 1.82) is 0 Å². The van der Waals surface area contributed by atoms with Crippen LogP contribution in [0.3, 0.4) is 0 Å². The quantitative estimate of drug-likeness (QED) is 0.319. The van der Waals surface area contributed by atoms with Gasteiger partial charge in [-0.3, -0.25) is 4.79 Å². The number of amides is 1. The van der Waals surface area contributed by atoms with Gasteiger partial charge < -0.3 is 14.8 Å². The summed E-state index contributed by atoms with van der Waals surface area (Å²) in [6.45, 7) is 0. The molecule has 0 bridgehead atoms. The van der Waals surface area contributed by atoms with Crippen LogP contribution in [0.25, 0.3) is 5.82 Å². The molecule has 34 heavy (non-hydrogen) atoms. The Morgan fingerprint density at radius 1 is 1.06 bits per heavy atom. The Kier molecular flexibility index (Phi) is 6.27. The summed E-state index contributed by atoms with van der Waals surface area (Å²) in [6, 6.07) is 11.5. The van der Waals surface area contributed by atoms with E-state index >= 15 is 0 Å². The number of aromatic nitrogens is 4. The molecular weight excluding hydrogens is 475 g/mol. The van der Waals surface area contributed by atoms with Crippen LogP contribution in [0.5, 0.6) is 11.6 Å². The van der Waals surface area contributed by atoms with Gasteiger partial charge in [0.1, 0.15) is 11.3 Å². The molecule has 0 saturated heterocycles. The van der Waals surface area contributed by atoms with Crippen LogP contribution in [0.2, 0.25) is 0 Å². The van der Waals surface area contributed by atoms with Crippen LogP contribution >= 0.6 is 11.3 Å². The van der Waals surface area contributed by atoms with E-state index in [0.717, 1.165) is 6.20 Å². The summed E-state index contributed by atoms with van der Waals surface area (Å²) in [5.74, 6) is -1.78. The van der Waals surface area contributed by atoms with Crippen molar-refractivity contribution in [3.63, 3.8) is 0 Å². The molecule has 0 atom stereocenters. The zero-order chi connectivity index (χ0) is 24.3. The number of rotatable bonds is 6. The zero-order valence-corrected chi connectivity index (χ0v) is 18.1.